The molecule has 0 radical (unpaired) electrons. The second-order valence-corrected chi connectivity index (χ2v) is 6.11. The third-order valence-electron chi connectivity index (χ3n) is 3.66. The summed E-state index contributed by atoms with van der Waals surface area (Å²) in [7, 11) is 0. The van der Waals surface area contributed by atoms with Crippen molar-refractivity contribution in [1.82, 2.24) is 4.98 Å². The number of aryl methyl sites for hydroxylation is 1. The van der Waals surface area contributed by atoms with Gasteiger partial charge in [0.25, 0.3) is 0 Å². The lowest BCUT2D eigenvalue weighted by Crippen LogP contribution is -2.14. The molecule has 1 heterocycles. The predicted molar refractivity (Wildman–Crippen MR) is 94.1 cm³/mol. The number of Topliss-reactive ketones (excluding diaryl/α,β-unsaturated/α-hetero) is 1. The molecule has 0 saturated carbocycles. The van der Waals surface area contributed by atoms with Gasteiger partial charge in [-0.25, -0.2) is 4.79 Å². The fourth-order valence-corrected chi connectivity index (χ4v) is 2.84. The van der Waals surface area contributed by atoms with Crippen LogP contribution in [0.25, 0.3) is 10.9 Å². The summed E-state index contributed by atoms with van der Waals surface area (Å²) in [6, 6.07) is 11.9. The minimum Gasteiger partial charge on any atom is -0.454 e. The Hall–Kier alpha value is -2.30. The van der Waals surface area contributed by atoms with Crippen LogP contribution in [0, 0.1) is 6.92 Å². The molecule has 0 spiro atoms. The van der Waals surface area contributed by atoms with E-state index < -0.39 is 5.97 Å². The van der Waals surface area contributed by atoms with Gasteiger partial charge in [0, 0.05) is 22.2 Å². The Morgan fingerprint density at radius 2 is 1.83 bits per heavy atom. The SMILES string of the molecule is Cc1[nH]c2ccccc2c1C(=O)COC(=O)c1ccc(Cl)c(Cl)c1. The van der Waals surface area contributed by atoms with Crippen LogP contribution < -0.4 is 0 Å². The van der Waals surface area contributed by atoms with Crippen LogP contribution in [-0.2, 0) is 4.74 Å². The predicted octanol–water partition coefficient (Wildman–Crippen LogP) is 4.82. The number of benzene rings is 2. The van der Waals surface area contributed by atoms with Crippen LogP contribution in [0.1, 0.15) is 26.4 Å². The second kappa shape index (κ2) is 6.67. The molecule has 3 rings (SSSR count). The summed E-state index contributed by atoms with van der Waals surface area (Å²) in [5.74, 6) is -0.891. The Morgan fingerprint density at radius 1 is 1.08 bits per heavy atom. The first-order valence-electron chi connectivity index (χ1n) is 7.20. The van der Waals surface area contributed by atoms with E-state index in [0.29, 0.717) is 10.6 Å². The van der Waals surface area contributed by atoms with Crippen LogP contribution >= 0.6 is 23.2 Å². The van der Waals surface area contributed by atoms with E-state index in [1.807, 2.05) is 31.2 Å². The zero-order valence-electron chi connectivity index (χ0n) is 12.7. The van der Waals surface area contributed by atoms with Crippen molar-refractivity contribution in [2.75, 3.05) is 6.61 Å². The molecule has 0 amide bonds. The summed E-state index contributed by atoms with van der Waals surface area (Å²) in [5, 5.41) is 1.41. The van der Waals surface area contributed by atoms with E-state index in [0.717, 1.165) is 16.6 Å². The number of aromatic nitrogens is 1. The van der Waals surface area contributed by atoms with E-state index in [-0.39, 0.29) is 23.0 Å². The van der Waals surface area contributed by atoms with Gasteiger partial charge in [-0.2, -0.15) is 0 Å². The molecule has 0 saturated heterocycles. The number of halogens is 2. The molecule has 2 aromatic carbocycles. The third-order valence-corrected chi connectivity index (χ3v) is 4.40. The Labute approximate surface area is 148 Å². The number of nitrogens with one attached hydrogen (secondary N) is 1. The highest BCUT2D eigenvalue weighted by Gasteiger charge is 2.18. The van der Waals surface area contributed by atoms with Gasteiger partial charge in [-0.05, 0) is 31.2 Å². The van der Waals surface area contributed by atoms with Gasteiger partial charge in [0.2, 0.25) is 5.78 Å². The number of hydrogen-bond acceptors (Lipinski definition) is 3. The highest BCUT2D eigenvalue weighted by atomic mass is 35.5. The first-order valence-corrected chi connectivity index (χ1v) is 7.95. The molecular formula is C18H13Cl2NO3. The number of rotatable bonds is 4. The molecule has 1 N–H and O–H groups in total. The summed E-state index contributed by atoms with van der Waals surface area (Å²) in [4.78, 5) is 27.6. The average molecular weight is 362 g/mol. The first kappa shape index (κ1) is 16.6. The van der Waals surface area contributed by atoms with Gasteiger partial charge in [-0.1, -0.05) is 41.4 Å². The van der Waals surface area contributed by atoms with Gasteiger partial charge in [0.05, 0.1) is 15.6 Å². The maximum atomic E-state index is 12.5. The molecule has 3 aromatic rings. The molecule has 0 aliphatic carbocycles. The van der Waals surface area contributed by atoms with Gasteiger partial charge in [0.15, 0.2) is 6.61 Å². The van der Waals surface area contributed by atoms with Crippen LogP contribution in [0.4, 0.5) is 0 Å². The summed E-state index contributed by atoms with van der Waals surface area (Å²) >= 11 is 11.7. The Bertz CT molecular complexity index is 947. The third kappa shape index (κ3) is 3.16. The summed E-state index contributed by atoms with van der Waals surface area (Å²) in [6.07, 6.45) is 0. The van der Waals surface area contributed by atoms with Crippen molar-refractivity contribution < 1.29 is 14.3 Å². The van der Waals surface area contributed by atoms with Crippen molar-refractivity contribution in [1.29, 1.82) is 0 Å². The molecule has 4 nitrogen and oxygen atoms in total. The minimum atomic E-state index is -0.626. The monoisotopic (exact) mass is 361 g/mol. The molecular weight excluding hydrogens is 349 g/mol. The van der Waals surface area contributed by atoms with Crippen molar-refractivity contribution in [3.63, 3.8) is 0 Å². The van der Waals surface area contributed by atoms with E-state index in [1.165, 1.54) is 18.2 Å². The van der Waals surface area contributed by atoms with Gasteiger partial charge in [-0.3, -0.25) is 4.79 Å². The average Bonchev–Trinajstić information content (AvgIpc) is 2.90. The van der Waals surface area contributed by atoms with Crippen LogP contribution in [0.15, 0.2) is 42.5 Å². The lowest BCUT2D eigenvalue weighted by molar-refractivity contribution is 0.0475. The number of carbonyl (C=O) groups excluding carboxylic acids is 2. The van der Waals surface area contributed by atoms with Crippen LogP contribution in [-0.4, -0.2) is 23.3 Å². The van der Waals surface area contributed by atoms with Crippen molar-refractivity contribution >= 4 is 45.9 Å². The number of para-hydroxylation sites is 1. The lowest BCUT2D eigenvalue weighted by Gasteiger charge is -2.06. The molecule has 0 unspecified atom stereocenters. The quantitative estimate of drug-likeness (QED) is 0.535. The molecule has 0 bridgehead atoms. The Kier molecular flexibility index (Phi) is 4.60. The number of ether oxygens (including phenoxy) is 1. The molecule has 1 aromatic heterocycles. The molecule has 122 valence electrons. The largest absolute Gasteiger partial charge is 0.454 e. The van der Waals surface area contributed by atoms with E-state index in [9.17, 15) is 9.59 Å². The minimum absolute atomic E-state index is 0.243. The number of H-pyrrole nitrogens is 1. The Balaban J connectivity index is 1.76. The van der Waals surface area contributed by atoms with Crippen molar-refractivity contribution in [2.24, 2.45) is 0 Å². The fraction of sp³-hybridized carbons (Fsp3) is 0.111. The zero-order valence-corrected chi connectivity index (χ0v) is 14.2. The van der Waals surface area contributed by atoms with E-state index in [2.05, 4.69) is 4.98 Å². The van der Waals surface area contributed by atoms with Crippen LogP contribution in [0.2, 0.25) is 10.0 Å². The maximum Gasteiger partial charge on any atom is 0.338 e. The van der Waals surface area contributed by atoms with E-state index in [1.54, 1.807) is 0 Å². The van der Waals surface area contributed by atoms with Gasteiger partial charge in [0.1, 0.15) is 0 Å². The van der Waals surface area contributed by atoms with Gasteiger partial charge >= 0.3 is 5.97 Å². The molecule has 0 aliphatic heterocycles. The van der Waals surface area contributed by atoms with Crippen LogP contribution in [0.3, 0.4) is 0 Å². The number of ketones is 1. The fourth-order valence-electron chi connectivity index (χ4n) is 2.55. The standard InChI is InChI=1S/C18H13Cl2NO3/c1-10-17(12-4-2-3-5-15(12)21-10)16(22)9-24-18(23)11-6-7-13(19)14(20)8-11/h2-8,21H,9H2,1H3. The van der Waals surface area contributed by atoms with Crippen LogP contribution in [0.5, 0.6) is 0 Å². The Morgan fingerprint density at radius 3 is 2.58 bits per heavy atom. The molecule has 0 atom stereocenters. The summed E-state index contributed by atoms with van der Waals surface area (Å²) in [6.45, 7) is 1.47. The molecule has 0 aliphatic rings. The normalized spacial score (nSPS) is 10.8. The number of aromatic amines is 1. The van der Waals surface area contributed by atoms with Gasteiger partial charge < -0.3 is 9.72 Å². The van der Waals surface area contributed by atoms with Crippen molar-refractivity contribution in [2.45, 2.75) is 6.92 Å². The topological polar surface area (TPSA) is 59.2 Å². The van der Waals surface area contributed by atoms with E-state index >= 15 is 0 Å². The van der Waals surface area contributed by atoms with E-state index in [4.69, 9.17) is 27.9 Å². The molecule has 6 heteroatoms. The summed E-state index contributed by atoms with van der Waals surface area (Å²) in [5.41, 5.74) is 2.39. The maximum absolute atomic E-state index is 12.5. The number of fused-ring (bicyclic) bond motifs is 1. The van der Waals surface area contributed by atoms with Crippen molar-refractivity contribution in [3.8, 4) is 0 Å². The highest BCUT2D eigenvalue weighted by Crippen LogP contribution is 2.24. The smallest absolute Gasteiger partial charge is 0.338 e. The zero-order chi connectivity index (χ0) is 17.3. The lowest BCUT2D eigenvalue weighted by atomic mass is 10.1. The number of carbonyl (C=O) groups is 2. The van der Waals surface area contributed by atoms with Gasteiger partial charge in [-0.15, -0.1) is 0 Å². The summed E-state index contributed by atoms with van der Waals surface area (Å²) < 4.78 is 5.11. The van der Waals surface area contributed by atoms with Crippen molar-refractivity contribution in [3.05, 3.63) is 69.3 Å². The molecule has 0 fully saturated rings. The highest BCUT2D eigenvalue weighted by molar-refractivity contribution is 6.42. The number of esters is 1. The second-order valence-electron chi connectivity index (χ2n) is 5.30. The molecule has 24 heavy (non-hydrogen) atoms. The number of hydrogen-bond donors (Lipinski definition) is 1. The first-order chi connectivity index (χ1) is 11.5.